The Hall–Kier alpha value is -0.450. The summed E-state index contributed by atoms with van der Waals surface area (Å²) in [5.74, 6) is 0.264. The summed E-state index contributed by atoms with van der Waals surface area (Å²) in [4.78, 5) is 12.9. The quantitative estimate of drug-likeness (QED) is 0.467. The van der Waals surface area contributed by atoms with Crippen LogP contribution in [0.15, 0.2) is 0 Å². The van der Waals surface area contributed by atoms with Gasteiger partial charge in [0.15, 0.2) is 0 Å². The third-order valence-electron chi connectivity index (χ3n) is 4.18. The number of hydrogen-bond donors (Lipinski definition) is 1. The van der Waals surface area contributed by atoms with E-state index in [4.69, 9.17) is 4.74 Å². The number of nitrogens with zero attached hydrogens (tertiary/aromatic N) is 1. The van der Waals surface area contributed by atoms with E-state index in [-0.39, 0.29) is 12.0 Å². The maximum Gasteiger partial charge on any atom is 0.120 e. The first-order valence-electron chi connectivity index (χ1n) is 8.19. The van der Waals surface area contributed by atoms with Gasteiger partial charge < -0.3 is 14.6 Å². The van der Waals surface area contributed by atoms with Crippen molar-refractivity contribution < 1.29 is 14.6 Å². The zero-order chi connectivity index (χ0) is 14.6. The topological polar surface area (TPSA) is 49.8 Å². The van der Waals surface area contributed by atoms with Gasteiger partial charge in [-0.15, -0.1) is 0 Å². The molecule has 1 heterocycles. The highest BCUT2D eigenvalue weighted by Crippen LogP contribution is 2.20. The van der Waals surface area contributed by atoms with Gasteiger partial charge in [-0.2, -0.15) is 0 Å². The Morgan fingerprint density at radius 1 is 1.20 bits per heavy atom. The number of hydrogen-bond acceptors (Lipinski definition) is 4. The first-order valence-corrected chi connectivity index (χ1v) is 8.19. The normalized spacial score (nSPS) is 19.7. The van der Waals surface area contributed by atoms with Crippen LogP contribution in [0.4, 0.5) is 0 Å². The number of unbranched alkanes of at least 4 members (excludes halogenated alkanes) is 3. The molecule has 4 heteroatoms. The molecule has 0 saturated carbocycles. The van der Waals surface area contributed by atoms with E-state index >= 15 is 0 Å². The molecule has 0 aromatic carbocycles. The second-order valence-corrected chi connectivity index (χ2v) is 5.83. The zero-order valence-electron chi connectivity index (χ0n) is 12.9. The van der Waals surface area contributed by atoms with Gasteiger partial charge in [-0.05, 0) is 18.8 Å². The molecule has 1 aliphatic rings. The van der Waals surface area contributed by atoms with Crippen molar-refractivity contribution in [1.29, 1.82) is 0 Å². The highest BCUT2D eigenvalue weighted by atomic mass is 16.5. The van der Waals surface area contributed by atoms with Gasteiger partial charge in [0, 0.05) is 26.1 Å². The molecular weight excluding hydrogens is 254 g/mol. The number of aldehydes is 1. The number of carbonyl (C=O) groups is 1. The van der Waals surface area contributed by atoms with Gasteiger partial charge in [-0.25, -0.2) is 0 Å². The predicted octanol–water partition coefficient (Wildman–Crippen LogP) is 2.25. The Labute approximate surface area is 123 Å². The molecule has 0 spiro atoms. The van der Waals surface area contributed by atoms with Gasteiger partial charge in [0.1, 0.15) is 6.29 Å². The van der Waals surface area contributed by atoms with Crippen LogP contribution in [0.1, 0.15) is 51.9 Å². The summed E-state index contributed by atoms with van der Waals surface area (Å²) in [5.41, 5.74) is 0. The van der Waals surface area contributed by atoms with Gasteiger partial charge in [-0.1, -0.05) is 32.6 Å². The summed E-state index contributed by atoms with van der Waals surface area (Å²) >= 11 is 0. The molecule has 2 atom stereocenters. The second-order valence-electron chi connectivity index (χ2n) is 5.83. The summed E-state index contributed by atoms with van der Waals surface area (Å²) in [6, 6.07) is 0. The van der Waals surface area contributed by atoms with Crippen LogP contribution in [0.3, 0.4) is 0 Å². The molecule has 4 nitrogen and oxygen atoms in total. The molecule has 2 unspecified atom stereocenters. The number of carbonyl (C=O) groups excluding carboxylic acids is 1. The van der Waals surface area contributed by atoms with E-state index < -0.39 is 0 Å². The highest BCUT2D eigenvalue weighted by molar-refractivity contribution is 5.49. The minimum atomic E-state index is -0.310. The van der Waals surface area contributed by atoms with Crippen LogP contribution >= 0.6 is 0 Å². The van der Waals surface area contributed by atoms with Crippen molar-refractivity contribution in [2.75, 3.05) is 32.8 Å². The van der Waals surface area contributed by atoms with E-state index in [2.05, 4.69) is 11.8 Å². The number of β-amino-alcohol motifs (C(OH)–C–C–N with tert-alkyl or cyclic N) is 1. The van der Waals surface area contributed by atoms with Gasteiger partial charge >= 0.3 is 0 Å². The number of morpholine rings is 1. The summed E-state index contributed by atoms with van der Waals surface area (Å²) in [6.45, 7) is 6.28. The lowest BCUT2D eigenvalue weighted by Gasteiger charge is -2.31. The van der Waals surface area contributed by atoms with Crippen molar-refractivity contribution in [3.63, 3.8) is 0 Å². The Balaban J connectivity index is 2.32. The Bertz CT molecular complexity index is 242. The smallest absolute Gasteiger partial charge is 0.120 e. The van der Waals surface area contributed by atoms with E-state index in [1.807, 2.05) is 0 Å². The van der Waals surface area contributed by atoms with Crippen LogP contribution in [-0.4, -0.2) is 55.2 Å². The fourth-order valence-corrected chi connectivity index (χ4v) is 2.84. The fourth-order valence-electron chi connectivity index (χ4n) is 2.84. The SMILES string of the molecule is CCCCCCC(CCC=O)C(O)CN1CCOCC1. The largest absolute Gasteiger partial charge is 0.392 e. The van der Waals surface area contributed by atoms with E-state index in [9.17, 15) is 9.90 Å². The van der Waals surface area contributed by atoms with E-state index in [0.29, 0.717) is 6.42 Å². The number of aliphatic hydroxyl groups excluding tert-OH is 1. The number of ether oxygens (including phenoxy) is 1. The van der Waals surface area contributed by atoms with Crippen molar-refractivity contribution in [2.45, 2.75) is 58.0 Å². The van der Waals surface area contributed by atoms with Crippen LogP contribution in [0.2, 0.25) is 0 Å². The third kappa shape index (κ3) is 7.36. The minimum absolute atomic E-state index is 0.264. The molecule has 1 rings (SSSR count). The third-order valence-corrected chi connectivity index (χ3v) is 4.18. The van der Waals surface area contributed by atoms with Crippen LogP contribution in [0.5, 0.6) is 0 Å². The van der Waals surface area contributed by atoms with Crippen molar-refractivity contribution in [1.82, 2.24) is 4.90 Å². The molecule has 0 aromatic heterocycles. The summed E-state index contributed by atoms with van der Waals surface area (Å²) in [7, 11) is 0. The van der Waals surface area contributed by atoms with E-state index in [1.54, 1.807) is 0 Å². The van der Waals surface area contributed by atoms with Crippen molar-refractivity contribution in [2.24, 2.45) is 5.92 Å². The average molecular weight is 285 g/mol. The van der Waals surface area contributed by atoms with Crippen molar-refractivity contribution >= 4 is 6.29 Å². The molecule has 118 valence electrons. The molecule has 1 saturated heterocycles. The molecule has 20 heavy (non-hydrogen) atoms. The molecule has 0 bridgehead atoms. The maximum absolute atomic E-state index is 10.6. The molecule has 0 aliphatic carbocycles. The van der Waals surface area contributed by atoms with Crippen molar-refractivity contribution in [3.8, 4) is 0 Å². The number of aliphatic hydroxyl groups is 1. The van der Waals surface area contributed by atoms with Crippen LogP contribution in [0.25, 0.3) is 0 Å². The standard InChI is InChI=1S/C16H31NO3/c1-2-3-4-5-7-15(8-6-11-18)16(19)14-17-9-12-20-13-10-17/h11,15-16,19H,2-10,12-14H2,1H3. The van der Waals surface area contributed by atoms with Crippen LogP contribution in [-0.2, 0) is 9.53 Å². The monoisotopic (exact) mass is 285 g/mol. The summed E-state index contributed by atoms with van der Waals surface area (Å²) in [6.07, 6.45) is 7.99. The van der Waals surface area contributed by atoms with Gasteiger partial charge in [0.25, 0.3) is 0 Å². The summed E-state index contributed by atoms with van der Waals surface area (Å²) in [5, 5.41) is 10.4. The van der Waals surface area contributed by atoms with Gasteiger partial charge in [0.2, 0.25) is 0 Å². The second kappa shape index (κ2) is 11.2. The Morgan fingerprint density at radius 3 is 2.60 bits per heavy atom. The molecule has 1 aliphatic heterocycles. The lowest BCUT2D eigenvalue weighted by Crippen LogP contribution is -2.43. The van der Waals surface area contributed by atoms with Crippen LogP contribution in [0, 0.1) is 5.92 Å². The Morgan fingerprint density at radius 2 is 1.95 bits per heavy atom. The number of rotatable bonds is 11. The molecule has 0 radical (unpaired) electrons. The minimum Gasteiger partial charge on any atom is -0.392 e. The average Bonchev–Trinajstić information content (AvgIpc) is 2.47. The molecule has 1 N–H and O–H groups in total. The molecule has 0 aromatic rings. The zero-order valence-corrected chi connectivity index (χ0v) is 12.9. The first-order chi connectivity index (χ1) is 9.77. The molecule has 0 amide bonds. The lowest BCUT2D eigenvalue weighted by atomic mass is 9.90. The Kier molecular flexibility index (Phi) is 9.89. The predicted molar refractivity (Wildman–Crippen MR) is 80.8 cm³/mol. The van der Waals surface area contributed by atoms with E-state index in [1.165, 1.54) is 19.3 Å². The fraction of sp³-hybridized carbons (Fsp3) is 0.938. The summed E-state index contributed by atoms with van der Waals surface area (Å²) < 4.78 is 5.33. The van der Waals surface area contributed by atoms with Gasteiger partial charge in [0.05, 0.1) is 19.3 Å². The maximum atomic E-state index is 10.6. The lowest BCUT2D eigenvalue weighted by molar-refractivity contribution is -0.108. The molecule has 1 fully saturated rings. The van der Waals surface area contributed by atoms with Crippen molar-refractivity contribution in [3.05, 3.63) is 0 Å². The first kappa shape index (κ1) is 17.6. The van der Waals surface area contributed by atoms with Crippen LogP contribution < -0.4 is 0 Å². The van der Waals surface area contributed by atoms with Gasteiger partial charge in [-0.3, -0.25) is 4.90 Å². The molecular formula is C16H31NO3. The van der Waals surface area contributed by atoms with E-state index in [0.717, 1.165) is 58.4 Å². The highest BCUT2D eigenvalue weighted by Gasteiger charge is 2.22.